The maximum atomic E-state index is 13.2. The second-order valence-electron chi connectivity index (χ2n) is 11.2. The summed E-state index contributed by atoms with van der Waals surface area (Å²) in [7, 11) is 1.61. The van der Waals surface area contributed by atoms with Gasteiger partial charge in [-0.2, -0.15) is 0 Å². The minimum atomic E-state index is -0.965. The normalized spacial score (nSPS) is 15.0. The topological polar surface area (TPSA) is 64.6 Å². The van der Waals surface area contributed by atoms with Gasteiger partial charge in [0.25, 0.3) is 0 Å². The highest BCUT2D eigenvalue weighted by Gasteiger charge is 2.43. The molecule has 0 heterocycles. The van der Waals surface area contributed by atoms with Crippen LogP contribution in [0.2, 0.25) is 5.02 Å². The zero-order valence-electron chi connectivity index (χ0n) is 22.1. The molecule has 0 saturated carbocycles. The molecule has 1 amide bonds. The molecule has 5 nitrogen and oxygen atoms in total. The predicted molar refractivity (Wildman–Crippen MR) is 135 cm³/mol. The van der Waals surface area contributed by atoms with Gasteiger partial charge in [0.05, 0.1) is 11.5 Å². The molecule has 0 aromatic heterocycles. The van der Waals surface area contributed by atoms with E-state index in [9.17, 15) is 9.59 Å². The Hall–Kier alpha value is -1.59. The van der Waals surface area contributed by atoms with Crippen LogP contribution in [0.3, 0.4) is 0 Å². The Balaban J connectivity index is 3.34. The molecule has 0 aliphatic carbocycles. The van der Waals surface area contributed by atoms with Crippen LogP contribution in [0.25, 0.3) is 0 Å². The summed E-state index contributed by atoms with van der Waals surface area (Å²) in [6, 6.07) is 5.88. The summed E-state index contributed by atoms with van der Waals surface area (Å²) in [5.41, 5.74) is 0.478. The van der Waals surface area contributed by atoms with E-state index in [1.54, 1.807) is 7.11 Å². The smallest absolute Gasteiger partial charge is 0.312 e. The van der Waals surface area contributed by atoms with Crippen molar-refractivity contribution in [1.82, 2.24) is 5.32 Å². The molecule has 0 bridgehead atoms. The monoisotopic (exact) mass is 481 g/mol. The number of ether oxygens (including phenoxy) is 2. The third-order valence-electron chi connectivity index (χ3n) is 5.74. The molecular weight excluding hydrogens is 438 g/mol. The minimum Gasteiger partial charge on any atom is -0.460 e. The first-order valence-corrected chi connectivity index (χ1v) is 12.3. The number of esters is 1. The molecule has 1 rings (SSSR count). The van der Waals surface area contributed by atoms with Crippen molar-refractivity contribution in [3.8, 4) is 0 Å². The maximum absolute atomic E-state index is 13.2. The van der Waals surface area contributed by atoms with Crippen molar-refractivity contribution in [2.75, 3.05) is 13.7 Å². The zero-order valence-corrected chi connectivity index (χ0v) is 22.8. The molecule has 33 heavy (non-hydrogen) atoms. The Morgan fingerprint density at radius 3 is 2.21 bits per heavy atom. The number of amides is 1. The highest BCUT2D eigenvalue weighted by molar-refractivity contribution is 6.31. The lowest BCUT2D eigenvalue weighted by atomic mass is 9.77. The molecular formula is C27H44ClNO4. The zero-order chi connectivity index (χ0) is 25.4. The molecule has 0 spiro atoms. The van der Waals surface area contributed by atoms with Gasteiger partial charge in [-0.25, -0.2) is 0 Å². The summed E-state index contributed by atoms with van der Waals surface area (Å²) in [6.45, 7) is 16.5. The van der Waals surface area contributed by atoms with Crippen molar-refractivity contribution >= 4 is 23.5 Å². The van der Waals surface area contributed by atoms with Crippen molar-refractivity contribution in [2.45, 2.75) is 98.6 Å². The fourth-order valence-electron chi connectivity index (χ4n) is 3.86. The fraction of sp³-hybridized carbons (Fsp3) is 0.704. The average molecular weight is 482 g/mol. The first kappa shape index (κ1) is 29.4. The Morgan fingerprint density at radius 1 is 1.09 bits per heavy atom. The highest BCUT2D eigenvalue weighted by Crippen LogP contribution is 2.36. The Bertz CT molecular complexity index is 794. The van der Waals surface area contributed by atoms with E-state index < -0.39 is 17.1 Å². The second kappa shape index (κ2) is 12.2. The van der Waals surface area contributed by atoms with Crippen LogP contribution in [0.15, 0.2) is 18.2 Å². The van der Waals surface area contributed by atoms with Crippen LogP contribution < -0.4 is 5.32 Å². The number of benzene rings is 1. The van der Waals surface area contributed by atoms with Crippen LogP contribution in [0.4, 0.5) is 0 Å². The molecule has 1 unspecified atom stereocenters. The van der Waals surface area contributed by atoms with Crippen LogP contribution in [-0.4, -0.2) is 31.2 Å². The van der Waals surface area contributed by atoms with Crippen LogP contribution in [0.5, 0.6) is 0 Å². The van der Waals surface area contributed by atoms with E-state index in [0.717, 1.165) is 24.0 Å². The number of rotatable bonds is 11. The van der Waals surface area contributed by atoms with Gasteiger partial charge in [-0.15, -0.1) is 0 Å². The van der Waals surface area contributed by atoms with Gasteiger partial charge in [0.2, 0.25) is 5.91 Å². The lowest BCUT2D eigenvalue weighted by molar-refractivity contribution is -0.163. The third-order valence-corrected chi connectivity index (χ3v) is 6.10. The van der Waals surface area contributed by atoms with Crippen molar-refractivity contribution in [2.24, 2.45) is 11.3 Å². The van der Waals surface area contributed by atoms with Gasteiger partial charge in [-0.3, -0.25) is 9.59 Å². The van der Waals surface area contributed by atoms with E-state index in [1.165, 1.54) is 0 Å². The van der Waals surface area contributed by atoms with E-state index in [4.69, 9.17) is 21.1 Å². The largest absolute Gasteiger partial charge is 0.460 e. The summed E-state index contributed by atoms with van der Waals surface area (Å²) in [4.78, 5) is 26.0. The second-order valence-corrected chi connectivity index (χ2v) is 11.6. The number of hydrogen-bond acceptors (Lipinski definition) is 4. The number of carbonyl (C=O) groups excluding carboxylic acids is 2. The summed E-state index contributed by atoms with van der Waals surface area (Å²) in [5.74, 6) is -1.04. The van der Waals surface area contributed by atoms with E-state index in [2.05, 4.69) is 26.1 Å². The standard InChI is InChI=1S/C27H44ClNO4/c1-10-21(24(31)33-26(5,6)7)27(8,29-23(30)12-11-17-32-9)20-14-13-19(22(28)18-20)15-16-25(2,3)4/h13-14,18,21H,10-12,15-17H2,1-9H3,(H,29,30)/t21?,27-/m0/s1. The van der Waals surface area contributed by atoms with Crippen molar-refractivity contribution in [3.63, 3.8) is 0 Å². The van der Waals surface area contributed by atoms with Gasteiger partial charge in [0.15, 0.2) is 0 Å². The van der Waals surface area contributed by atoms with Gasteiger partial charge in [0, 0.05) is 25.2 Å². The summed E-state index contributed by atoms with van der Waals surface area (Å²) in [5, 5.41) is 3.78. The maximum Gasteiger partial charge on any atom is 0.312 e. The Kier molecular flexibility index (Phi) is 10.9. The van der Waals surface area contributed by atoms with Crippen LogP contribution in [-0.2, 0) is 31.0 Å². The molecule has 1 aromatic carbocycles. The van der Waals surface area contributed by atoms with Gasteiger partial charge >= 0.3 is 5.97 Å². The molecule has 0 aliphatic rings. The van der Waals surface area contributed by atoms with E-state index in [-0.39, 0.29) is 17.3 Å². The molecule has 1 aromatic rings. The summed E-state index contributed by atoms with van der Waals surface area (Å²) >= 11 is 6.69. The lowest BCUT2D eigenvalue weighted by Gasteiger charge is -2.39. The van der Waals surface area contributed by atoms with E-state index in [0.29, 0.717) is 30.9 Å². The van der Waals surface area contributed by atoms with Crippen molar-refractivity contribution in [1.29, 1.82) is 0 Å². The number of halogens is 1. The van der Waals surface area contributed by atoms with Gasteiger partial charge < -0.3 is 14.8 Å². The highest BCUT2D eigenvalue weighted by atomic mass is 35.5. The Labute approximate surface area is 205 Å². The van der Waals surface area contributed by atoms with Gasteiger partial charge in [-0.05, 0) is 76.0 Å². The first-order chi connectivity index (χ1) is 15.1. The molecule has 2 atom stereocenters. The van der Waals surface area contributed by atoms with E-state index >= 15 is 0 Å². The molecule has 0 aliphatic heterocycles. The fourth-order valence-corrected chi connectivity index (χ4v) is 4.13. The molecule has 0 saturated heterocycles. The van der Waals surface area contributed by atoms with Crippen molar-refractivity contribution < 1.29 is 19.1 Å². The number of methoxy groups -OCH3 is 1. The molecule has 1 N–H and O–H groups in total. The SMILES string of the molecule is CCC(C(=O)OC(C)(C)C)[C@@](C)(NC(=O)CCCOC)c1ccc(CCC(C)(C)C)c(Cl)c1. The number of aryl methyl sites for hydroxylation is 1. The first-order valence-electron chi connectivity index (χ1n) is 11.9. The number of carbonyl (C=O) groups is 2. The Morgan fingerprint density at radius 2 is 1.73 bits per heavy atom. The minimum absolute atomic E-state index is 0.135. The van der Waals surface area contributed by atoms with Gasteiger partial charge in [-0.1, -0.05) is 51.4 Å². The number of nitrogens with one attached hydrogen (secondary N) is 1. The average Bonchev–Trinajstić information content (AvgIpc) is 2.65. The number of hydrogen-bond donors (Lipinski definition) is 1. The molecule has 6 heteroatoms. The molecule has 0 fully saturated rings. The quantitative estimate of drug-likeness (QED) is 0.291. The molecule has 188 valence electrons. The van der Waals surface area contributed by atoms with Crippen LogP contribution >= 0.6 is 11.6 Å². The van der Waals surface area contributed by atoms with E-state index in [1.807, 2.05) is 52.8 Å². The van der Waals surface area contributed by atoms with Crippen LogP contribution in [0, 0.1) is 11.3 Å². The predicted octanol–water partition coefficient (Wildman–Crippen LogP) is 6.44. The van der Waals surface area contributed by atoms with Crippen LogP contribution in [0.1, 0.15) is 92.2 Å². The summed E-state index contributed by atoms with van der Waals surface area (Å²) < 4.78 is 10.8. The third kappa shape index (κ3) is 9.66. The lowest BCUT2D eigenvalue weighted by Crippen LogP contribution is -2.52. The van der Waals surface area contributed by atoms with Gasteiger partial charge in [0.1, 0.15) is 5.60 Å². The molecule has 0 radical (unpaired) electrons. The van der Waals surface area contributed by atoms with Crippen molar-refractivity contribution in [3.05, 3.63) is 34.3 Å². The summed E-state index contributed by atoms with van der Waals surface area (Å²) in [6.07, 6.45) is 3.30.